The van der Waals surface area contributed by atoms with Crippen LogP contribution in [0.25, 0.3) is 5.69 Å². The molecule has 0 spiro atoms. The number of thioether (sulfide) groups is 1. The molecular formula is C20H21N3O3S. The highest BCUT2D eigenvalue weighted by molar-refractivity contribution is 8.00. The van der Waals surface area contributed by atoms with Crippen LogP contribution in [0.3, 0.4) is 0 Å². The Kier molecular flexibility index (Phi) is 6.13. The topological polar surface area (TPSA) is 66.2 Å². The Bertz CT molecular complexity index is 912. The maximum absolute atomic E-state index is 11.9. The molecule has 0 N–H and O–H groups in total. The lowest BCUT2D eigenvalue weighted by Crippen LogP contribution is -2.16. The Balaban J connectivity index is 2.05. The summed E-state index contributed by atoms with van der Waals surface area (Å²) >= 11 is 1.31. The first-order valence-corrected chi connectivity index (χ1v) is 9.38. The standard InChI is InChI=1S/C20H21N3O3S/c1-14(19(24)26-3)27-20-22-21-18(13-15-9-5-4-6-10-15)23(20)16-11-7-8-12-17(16)25-2/h4-12,14H,13H2,1-3H3. The lowest BCUT2D eigenvalue weighted by molar-refractivity contribution is -0.139. The van der Waals surface area contributed by atoms with Gasteiger partial charge in [0.2, 0.25) is 0 Å². The molecule has 6 nitrogen and oxygen atoms in total. The molecule has 1 unspecified atom stereocenters. The van der Waals surface area contributed by atoms with Crippen LogP contribution in [0.2, 0.25) is 0 Å². The van der Waals surface area contributed by atoms with Gasteiger partial charge in [-0.3, -0.25) is 9.36 Å². The van der Waals surface area contributed by atoms with Gasteiger partial charge in [-0.1, -0.05) is 54.2 Å². The Labute approximate surface area is 162 Å². The third kappa shape index (κ3) is 4.31. The van der Waals surface area contributed by atoms with Crippen LogP contribution >= 0.6 is 11.8 Å². The van der Waals surface area contributed by atoms with Crippen LogP contribution in [0.5, 0.6) is 5.75 Å². The second kappa shape index (κ2) is 8.73. The zero-order chi connectivity index (χ0) is 19.2. The molecule has 27 heavy (non-hydrogen) atoms. The number of benzene rings is 2. The number of methoxy groups -OCH3 is 2. The number of aromatic nitrogens is 3. The molecule has 0 saturated heterocycles. The second-order valence-corrected chi connectivity index (χ2v) is 7.16. The Hall–Kier alpha value is -2.80. The molecule has 0 bridgehead atoms. The van der Waals surface area contributed by atoms with E-state index in [1.165, 1.54) is 18.9 Å². The van der Waals surface area contributed by atoms with E-state index < -0.39 is 5.25 Å². The summed E-state index contributed by atoms with van der Waals surface area (Å²) in [7, 11) is 3.01. The average molecular weight is 383 g/mol. The lowest BCUT2D eigenvalue weighted by Gasteiger charge is -2.15. The minimum atomic E-state index is -0.405. The van der Waals surface area contributed by atoms with E-state index >= 15 is 0 Å². The third-order valence-electron chi connectivity index (χ3n) is 4.05. The van der Waals surface area contributed by atoms with Crippen LogP contribution in [0, 0.1) is 0 Å². The maximum Gasteiger partial charge on any atom is 0.318 e. The summed E-state index contributed by atoms with van der Waals surface area (Å²) in [4.78, 5) is 11.9. The number of ether oxygens (including phenoxy) is 2. The molecule has 140 valence electrons. The van der Waals surface area contributed by atoms with Crippen molar-refractivity contribution in [2.45, 2.75) is 23.8 Å². The summed E-state index contributed by atoms with van der Waals surface area (Å²) in [5, 5.41) is 8.93. The van der Waals surface area contributed by atoms with Gasteiger partial charge in [-0.25, -0.2) is 0 Å². The van der Waals surface area contributed by atoms with Crippen LogP contribution in [0.1, 0.15) is 18.3 Å². The third-order valence-corrected chi connectivity index (χ3v) is 5.07. The summed E-state index contributed by atoms with van der Waals surface area (Å²) in [6.45, 7) is 1.79. The van der Waals surface area contributed by atoms with E-state index in [9.17, 15) is 4.79 Å². The monoisotopic (exact) mass is 383 g/mol. The molecule has 0 amide bonds. The molecule has 0 radical (unpaired) electrons. The van der Waals surface area contributed by atoms with Crippen LogP contribution < -0.4 is 4.74 Å². The van der Waals surface area contributed by atoms with Crippen molar-refractivity contribution in [3.63, 3.8) is 0 Å². The number of esters is 1. The largest absolute Gasteiger partial charge is 0.495 e. The van der Waals surface area contributed by atoms with Gasteiger partial charge in [-0.2, -0.15) is 0 Å². The quantitative estimate of drug-likeness (QED) is 0.459. The van der Waals surface area contributed by atoms with Gasteiger partial charge in [0.25, 0.3) is 0 Å². The van der Waals surface area contributed by atoms with Crippen LogP contribution in [-0.2, 0) is 16.0 Å². The number of hydrogen-bond donors (Lipinski definition) is 0. The zero-order valence-electron chi connectivity index (χ0n) is 15.5. The highest BCUT2D eigenvalue weighted by Gasteiger charge is 2.23. The number of rotatable bonds is 7. The average Bonchev–Trinajstić information content (AvgIpc) is 3.09. The Morgan fingerprint density at radius 1 is 1.07 bits per heavy atom. The van der Waals surface area contributed by atoms with Crippen LogP contribution in [-0.4, -0.2) is 40.2 Å². The lowest BCUT2D eigenvalue weighted by atomic mass is 10.1. The van der Waals surface area contributed by atoms with E-state index in [1.54, 1.807) is 14.0 Å². The van der Waals surface area contributed by atoms with Gasteiger partial charge >= 0.3 is 5.97 Å². The van der Waals surface area contributed by atoms with Gasteiger partial charge in [0.1, 0.15) is 16.8 Å². The molecule has 0 saturated carbocycles. The molecule has 7 heteroatoms. The summed E-state index contributed by atoms with van der Waals surface area (Å²) < 4.78 is 12.3. The molecule has 1 aromatic heterocycles. The normalized spacial score (nSPS) is 11.8. The zero-order valence-corrected chi connectivity index (χ0v) is 16.3. The first-order valence-electron chi connectivity index (χ1n) is 8.50. The van der Waals surface area contributed by atoms with Gasteiger partial charge in [0.05, 0.1) is 19.9 Å². The molecule has 0 aliphatic carbocycles. The van der Waals surface area contributed by atoms with E-state index in [0.29, 0.717) is 17.3 Å². The molecule has 3 aromatic rings. The van der Waals surface area contributed by atoms with Crippen LogP contribution in [0.15, 0.2) is 59.8 Å². The van der Waals surface area contributed by atoms with Crippen molar-refractivity contribution in [3.8, 4) is 11.4 Å². The summed E-state index contributed by atoms with van der Waals surface area (Å²) in [5.41, 5.74) is 1.95. The molecule has 2 aromatic carbocycles. The highest BCUT2D eigenvalue weighted by atomic mass is 32.2. The van der Waals surface area contributed by atoms with E-state index in [-0.39, 0.29) is 5.97 Å². The van der Waals surface area contributed by atoms with Crippen molar-refractivity contribution in [2.24, 2.45) is 0 Å². The van der Waals surface area contributed by atoms with Gasteiger partial charge in [-0.15, -0.1) is 10.2 Å². The van der Waals surface area contributed by atoms with Gasteiger partial charge in [0, 0.05) is 6.42 Å². The van der Waals surface area contributed by atoms with E-state index in [2.05, 4.69) is 10.2 Å². The Morgan fingerprint density at radius 3 is 2.48 bits per heavy atom. The minimum Gasteiger partial charge on any atom is -0.495 e. The Morgan fingerprint density at radius 2 is 1.78 bits per heavy atom. The summed E-state index contributed by atoms with van der Waals surface area (Å²) in [5.74, 6) is 1.17. The molecule has 0 aliphatic heterocycles. The molecule has 3 rings (SSSR count). The summed E-state index contributed by atoms with van der Waals surface area (Å²) in [6.07, 6.45) is 0.610. The summed E-state index contributed by atoms with van der Waals surface area (Å²) in [6, 6.07) is 17.7. The van der Waals surface area contributed by atoms with Gasteiger partial charge in [0.15, 0.2) is 5.16 Å². The van der Waals surface area contributed by atoms with E-state index in [4.69, 9.17) is 9.47 Å². The van der Waals surface area contributed by atoms with Crippen molar-refractivity contribution in [1.82, 2.24) is 14.8 Å². The fourth-order valence-corrected chi connectivity index (χ4v) is 3.60. The van der Waals surface area contributed by atoms with Gasteiger partial charge < -0.3 is 9.47 Å². The first-order chi connectivity index (χ1) is 13.1. The predicted octanol–water partition coefficient (Wildman–Crippen LogP) is 3.52. The smallest absolute Gasteiger partial charge is 0.318 e. The molecule has 1 heterocycles. The van der Waals surface area contributed by atoms with Crippen molar-refractivity contribution in [3.05, 3.63) is 66.0 Å². The molecule has 1 atom stereocenters. The molecule has 0 fully saturated rings. The minimum absolute atomic E-state index is 0.306. The van der Waals surface area contributed by atoms with Gasteiger partial charge in [-0.05, 0) is 24.6 Å². The SMILES string of the molecule is COC(=O)C(C)Sc1nnc(Cc2ccccc2)n1-c1ccccc1OC. The predicted molar refractivity (Wildman–Crippen MR) is 104 cm³/mol. The number of carbonyl (C=O) groups is 1. The fourth-order valence-electron chi connectivity index (χ4n) is 2.70. The number of nitrogens with zero attached hydrogens (tertiary/aromatic N) is 3. The number of para-hydroxylation sites is 2. The van der Waals surface area contributed by atoms with Crippen molar-refractivity contribution in [1.29, 1.82) is 0 Å². The van der Waals surface area contributed by atoms with Crippen LogP contribution in [0.4, 0.5) is 0 Å². The first kappa shape index (κ1) is 19.0. The highest BCUT2D eigenvalue weighted by Crippen LogP contribution is 2.31. The number of carbonyl (C=O) groups excluding carboxylic acids is 1. The van der Waals surface area contributed by atoms with Crippen molar-refractivity contribution < 1.29 is 14.3 Å². The number of hydrogen-bond acceptors (Lipinski definition) is 6. The van der Waals surface area contributed by atoms with E-state index in [1.807, 2.05) is 59.2 Å². The van der Waals surface area contributed by atoms with Crippen molar-refractivity contribution in [2.75, 3.05) is 14.2 Å². The van der Waals surface area contributed by atoms with Crippen molar-refractivity contribution >= 4 is 17.7 Å². The molecular weight excluding hydrogens is 362 g/mol. The fraction of sp³-hybridized carbons (Fsp3) is 0.250. The maximum atomic E-state index is 11.9. The van der Waals surface area contributed by atoms with E-state index in [0.717, 1.165) is 17.1 Å². The molecule has 0 aliphatic rings. The second-order valence-electron chi connectivity index (χ2n) is 5.85.